The molecule has 0 aromatic heterocycles. The lowest BCUT2D eigenvalue weighted by Gasteiger charge is -2.28. The Labute approximate surface area is 92.9 Å². The summed E-state index contributed by atoms with van der Waals surface area (Å²) in [5, 5.41) is 3.56. The normalized spacial score (nSPS) is 29.2. The molecule has 1 nitrogen and oxygen atoms in total. The summed E-state index contributed by atoms with van der Waals surface area (Å²) >= 11 is 5.61. The molecule has 1 N–H and O–H groups in total. The zero-order chi connectivity index (χ0) is 10.4. The highest BCUT2D eigenvalue weighted by molar-refractivity contribution is 6.25. The van der Waals surface area contributed by atoms with Crippen LogP contribution in [0.2, 0.25) is 0 Å². The van der Waals surface area contributed by atoms with E-state index in [1.165, 1.54) is 37.7 Å². The van der Waals surface area contributed by atoms with E-state index in [0.29, 0.717) is 0 Å². The van der Waals surface area contributed by atoms with Gasteiger partial charge in [0.05, 0.1) is 0 Å². The monoisotopic (exact) mass is 215 g/mol. The minimum absolute atomic E-state index is 0.726. The molecule has 0 aliphatic heterocycles. The summed E-state index contributed by atoms with van der Waals surface area (Å²) in [5.74, 6) is 0.984. The predicted molar refractivity (Wildman–Crippen MR) is 63.6 cm³/mol. The Morgan fingerprint density at radius 2 is 2.00 bits per heavy atom. The molecule has 0 saturated heterocycles. The van der Waals surface area contributed by atoms with Gasteiger partial charge in [0, 0.05) is 18.1 Å². The molecule has 0 amide bonds. The van der Waals surface area contributed by atoms with Crippen LogP contribution < -0.4 is 5.32 Å². The Morgan fingerprint density at radius 3 is 2.50 bits per heavy atom. The van der Waals surface area contributed by atoms with Crippen LogP contribution in [-0.2, 0) is 0 Å². The van der Waals surface area contributed by atoms with Gasteiger partial charge < -0.3 is 5.32 Å². The van der Waals surface area contributed by atoms with Crippen LogP contribution in [0.1, 0.15) is 46.0 Å². The number of hydrogen-bond donors (Lipinski definition) is 1. The van der Waals surface area contributed by atoms with Gasteiger partial charge in [-0.3, -0.25) is 0 Å². The van der Waals surface area contributed by atoms with Crippen molar-refractivity contribution in [3.63, 3.8) is 0 Å². The van der Waals surface area contributed by atoms with E-state index in [4.69, 9.17) is 11.6 Å². The second kappa shape index (κ2) is 6.47. The van der Waals surface area contributed by atoms with Crippen LogP contribution in [0.4, 0.5) is 0 Å². The van der Waals surface area contributed by atoms with Gasteiger partial charge in [0.2, 0.25) is 0 Å². The fourth-order valence-electron chi connectivity index (χ4n) is 2.12. The molecule has 0 aromatic rings. The van der Waals surface area contributed by atoms with E-state index >= 15 is 0 Å². The van der Waals surface area contributed by atoms with E-state index in [0.717, 1.165) is 18.5 Å². The molecule has 0 atom stereocenters. The molecule has 0 spiro atoms. The Bertz CT molecular complexity index is 181. The van der Waals surface area contributed by atoms with Crippen molar-refractivity contribution in [2.24, 2.45) is 5.92 Å². The molecule has 82 valence electrons. The van der Waals surface area contributed by atoms with Crippen LogP contribution in [-0.4, -0.2) is 12.6 Å². The lowest BCUT2D eigenvalue weighted by molar-refractivity contribution is 0.290. The second-order valence-corrected chi connectivity index (χ2v) is 4.68. The molecule has 0 unspecified atom stereocenters. The molecule has 1 rings (SSSR count). The van der Waals surface area contributed by atoms with E-state index < -0.39 is 0 Å². The van der Waals surface area contributed by atoms with Crippen LogP contribution in [0.5, 0.6) is 0 Å². The molecule has 14 heavy (non-hydrogen) atoms. The average Bonchev–Trinajstić information content (AvgIpc) is 2.26. The van der Waals surface area contributed by atoms with Crippen LogP contribution >= 0.6 is 11.6 Å². The van der Waals surface area contributed by atoms with Crippen molar-refractivity contribution >= 4 is 11.6 Å². The van der Waals surface area contributed by atoms with Gasteiger partial charge in [-0.2, -0.15) is 0 Å². The third-order valence-corrected chi connectivity index (χ3v) is 3.65. The molecule has 1 saturated carbocycles. The highest BCUT2D eigenvalue weighted by Crippen LogP contribution is 2.26. The molecule has 0 aromatic carbocycles. The molecule has 1 aliphatic carbocycles. The third kappa shape index (κ3) is 4.02. The van der Waals surface area contributed by atoms with Crippen LogP contribution in [0, 0.1) is 5.92 Å². The molecular weight excluding hydrogens is 194 g/mol. The molecule has 0 heterocycles. The first-order valence-corrected chi connectivity index (χ1v) is 6.19. The standard InChI is InChI=1S/C12H22ClN/c1-3-11-4-6-12(7-5-11)14-9-10(2)8-13/h8,11-12,14H,3-7,9H2,1-2H3. The highest BCUT2D eigenvalue weighted by atomic mass is 35.5. The Balaban J connectivity index is 2.16. The first-order chi connectivity index (χ1) is 6.76. The van der Waals surface area contributed by atoms with E-state index in [1.807, 2.05) is 0 Å². The summed E-state index contributed by atoms with van der Waals surface area (Å²) in [6, 6.07) is 0.726. The summed E-state index contributed by atoms with van der Waals surface area (Å²) in [6.45, 7) is 5.32. The van der Waals surface area contributed by atoms with Gasteiger partial charge in [-0.15, -0.1) is 0 Å². The lowest BCUT2D eigenvalue weighted by atomic mass is 9.84. The number of hydrogen-bond acceptors (Lipinski definition) is 1. The van der Waals surface area contributed by atoms with Crippen molar-refractivity contribution in [3.8, 4) is 0 Å². The maximum absolute atomic E-state index is 5.61. The fourth-order valence-corrected chi connectivity index (χ4v) is 2.20. The topological polar surface area (TPSA) is 12.0 Å². The Hall–Kier alpha value is -0.0100. The molecular formula is C12H22ClN. The zero-order valence-corrected chi connectivity index (χ0v) is 10.1. The predicted octanol–water partition coefficient (Wildman–Crippen LogP) is 3.69. The van der Waals surface area contributed by atoms with Crippen molar-refractivity contribution in [2.45, 2.75) is 52.0 Å². The number of rotatable bonds is 4. The SMILES string of the molecule is CCC1CCC(NCC(C)=CCl)CC1. The number of nitrogens with one attached hydrogen (secondary N) is 1. The zero-order valence-electron chi connectivity index (χ0n) is 9.35. The van der Waals surface area contributed by atoms with Crippen molar-refractivity contribution in [2.75, 3.05) is 6.54 Å². The van der Waals surface area contributed by atoms with Crippen LogP contribution in [0.25, 0.3) is 0 Å². The van der Waals surface area contributed by atoms with Gasteiger partial charge in [-0.1, -0.05) is 24.9 Å². The van der Waals surface area contributed by atoms with Crippen molar-refractivity contribution in [1.29, 1.82) is 0 Å². The van der Waals surface area contributed by atoms with Crippen molar-refractivity contribution in [1.82, 2.24) is 5.32 Å². The third-order valence-electron chi connectivity index (χ3n) is 3.28. The smallest absolute Gasteiger partial charge is 0.0176 e. The van der Waals surface area contributed by atoms with E-state index in [2.05, 4.69) is 19.2 Å². The first-order valence-electron chi connectivity index (χ1n) is 5.75. The fraction of sp³-hybridized carbons (Fsp3) is 0.833. The first kappa shape index (κ1) is 12.1. The minimum Gasteiger partial charge on any atom is -0.310 e. The molecule has 1 aliphatic rings. The molecule has 1 fully saturated rings. The van der Waals surface area contributed by atoms with Gasteiger partial charge in [0.15, 0.2) is 0 Å². The maximum atomic E-state index is 5.61. The summed E-state index contributed by atoms with van der Waals surface area (Å²) in [4.78, 5) is 0. The largest absolute Gasteiger partial charge is 0.310 e. The van der Waals surface area contributed by atoms with Crippen molar-refractivity contribution < 1.29 is 0 Å². The van der Waals surface area contributed by atoms with Gasteiger partial charge in [0.1, 0.15) is 0 Å². The Morgan fingerprint density at radius 1 is 1.36 bits per heavy atom. The minimum atomic E-state index is 0.726. The summed E-state index contributed by atoms with van der Waals surface area (Å²) in [7, 11) is 0. The Kier molecular flexibility index (Phi) is 5.57. The molecule has 0 radical (unpaired) electrons. The lowest BCUT2D eigenvalue weighted by Crippen LogP contribution is -2.34. The van der Waals surface area contributed by atoms with Gasteiger partial charge in [0.25, 0.3) is 0 Å². The van der Waals surface area contributed by atoms with Crippen LogP contribution in [0.15, 0.2) is 11.1 Å². The maximum Gasteiger partial charge on any atom is 0.0176 e. The van der Waals surface area contributed by atoms with Gasteiger partial charge in [-0.05, 0) is 44.1 Å². The summed E-state index contributed by atoms with van der Waals surface area (Å²) in [5.41, 5.74) is 2.90. The molecule has 2 heteroatoms. The molecule has 0 bridgehead atoms. The van der Waals surface area contributed by atoms with E-state index in [-0.39, 0.29) is 0 Å². The van der Waals surface area contributed by atoms with Crippen LogP contribution in [0.3, 0.4) is 0 Å². The quantitative estimate of drug-likeness (QED) is 0.755. The highest BCUT2D eigenvalue weighted by Gasteiger charge is 2.18. The van der Waals surface area contributed by atoms with Gasteiger partial charge in [-0.25, -0.2) is 0 Å². The number of halogens is 1. The van der Waals surface area contributed by atoms with E-state index in [1.54, 1.807) is 5.54 Å². The summed E-state index contributed by atoms with van der Waals surface area (Å²) in [6.07, 6.45) is 6.84. The summed E-state index contributed by atoms with van der Waals surface area (Å²) < 4.78 is 0. The second-order valence-electron chi connectivity index (χ2n) is 4.46. The van der Waals surface area contributed by atoms with Gasteiger partial charge >= 0.3 is 0 Å². The average molecular weight is 216 g/mol. The van der Waals surface area contributed by atoms with Crippen molar-refractivity contribution in [3.05, 3.63) is 11.1 Å². The van der Waals surface area contributed by atoms with E-state index in [9.17, 15) is 0 Å².